The first-order valence-corrected chi connectivity index (χ1v) is 9.40. The second kappa shape index (κ2) is 8.41. The summed E-state index contributed by atoms with van der Waals surface area (Å²) in [6.07, 6.45) is 0. The van der Waals surface area contributed by atoms with Gasteiger partial charge in [-0.15, -0.1) is 0 Å². The van der Waals surface area contributed by atoms with Crippen molar-refractivity contribution in [2.45, 2.75) is 0 Å². The van der Waals surface area contributed by atoms with Gasteiger partial charge in [-0.2, -0.15) is 0 Å². The number of hydrogen-bond donors (Lipinski definition) is 2. The maximum absolute atomic E-state index is 13.4. The third-order valence-corrected chi connectivity index (χ3v) is 4.48. The fourth-order valence-corrected chi connectivity index (χ4v) is 2.96. The molecule has 0 bridgehead atoms. The summed E-state index contributed by atoms with van der Waals surface area (Å²) in [7, 11) is 0. The molecule has 0 radical (unpaired) electrons. The van der Waals surface area contributed by atoms with Crippen LogP contribution in [0.4, 0.5) is 11.4 Å². The van der Waals surface area contributed by atoms with E-state index in [4.69, 9.17) is 20.9 Å². The van der Waals surface area contributed by atoms with Gasteiger partial charge in [-0.25, -0.2) is 0 Å². The van der Waals surface area contributed by atoms with Gasteiger partial charge in [0.2, 0.25) is 5.78 Å². The molecule has 4 N–H and O–H groups in total. The summed E-state index contributed by atoms with van der Waals surface area (Å²) in [5.41, 5.74) is 13.6. The smallest absolute Gasteiger partial charge is 0.200 e. The third kappa shape index (κ3) is 4.25. The maximum Gasteiger partial charge on any atom is 0.200 e. The average molecular weight is 396 g/mol. The van der Waals surface area contributed by atoms with Crippen molar-refractivity contribution in [1.82, 2.24) is 0 Å². The van der Waals surface area contributed by atoms with Crippen LogP contribution >= 0.6 is 0 Å². The van der Waals surface area contributed by atoms with E-state index >= 15 is 0 Å². The van der Waals surface area contributed by atoms with Crippen LogP contribution in [-0.2, 0) is 0 Å². The molecule has 0 unspecified atom stereocenters. The zero-order chi connectivity index (χ0) is 20.9. The second-order valence-electron chi connectivity index (χ2n) is 6.66. The van der Waals surface area contributed by atoms with E-state index in [2.05, 4.69) is 0 Å². The summed E-state index contributed by atoms with van der Waals surface area (Å²) < 4.78 is 11.9. The molecule has 0 saturated carbocycles. The molecule has 0 aliphatic rings. The Hall–Kier alpha value is -4.25. The van der Waals surface area contributed by atoms with Crippen molar-refractivity contribution >= 4 is 17.2 Å². The molecule has 5 heteroatoms. The lowest BCUT2D eigenvalue weighted by Crippen LogP contribution is -2.05. The van der Waals surface area contributed by atoms with Gasteiger partial charge in [-0.3, -0.25) is 4.79 Å². The van der Waals surface area contributed by atoms with E-state index in [0.29, 0.717) is 45.5 Å². The number of carbonyl (C=O) groups excluding carboxylic acids is 1. The molecular formula is C25H20N2O3. The van der Waals surface area contributed by atoms with Gasteiger partial charge in [0.15, 0.2) is 0 Å². The van der Waals surface area contributed by atoms with Crippen LogP contribution in [0.2, 0.25) is 0 Å². The minimum Gasteiger partial charge on any atom is -0.457 e. The number of anilines is 2. The molecule has 0 heterocycles. The Bertz CT molecular complexity index is 1080. The molecule has 0 aliphatic carbocycles. The standard InChI is InChI=1S/C25H20N2O3/c26-17-9-13-19(14-10-17)29-23-7-3-1-5-21(23)25(28)22-6-2-4-8-24(22)30-20-15-11-18(27)12-16-20/h1-16H,26-27H2. The highest BCUT2D eigenvalue weighted by Gasteiger charge is 2.19. The number of carbonyl (C=O) groups is 1. The van der Waals surface area contributed by atoms with Crippen molar-refractivity contribution in [3.63, 3.8) is 0 Å². The Morgan fingerprint density at radius 2 is 0.900 bits per heavy atom. The highest BCUT2D eigenvalue weighted by molar-refractivity contribution is 6.12. The van der Waals surface area contributed by atoms with E-state index < -0.39 is 0 Å². The lowest BCUT2D eigenvalue weighted by atomic mass is 10.0. The van der Waals surface area contributed by atoms with E-state index in [-0.39, 0.29) is 5.78 Å². The van der Waals surface area contributed by atoms with Crippen molar-refractivity contribution in [2.24, 2.45) is 0 Å². The number of para-hydroxylation sites is 2. The van der Waals surface area contributed by atoms with Crippen molar-refractivity contribution in [3.8, 4) is 23.0 Å². The molecule has 0 aliphatic heterocycles. The molecular weight excluding hydrogens is 376 g/mol. The van der Waals surface area contributed by atoms with Gasteiger partial charge < -0.3 is 20.9 Å². The number of ether oxygens (including phenoxy) is 2. The van der Waals surface area contributed by atoms with Gasteiger partial charge in [0.25, 0.3) is 0 Å². The minimum atomic E-state index is -0.202. The van der Waals surface area contributed by atoms with Crippen molar-refractivity contribution < 1.29 is 14.3 Å². The molecule has 0 aromatic heterocycles. The number of hydrogen-bond acceptors (Lipinski definition) is 5. The molecule has 0 saturated heterocycles. The monoisotopic (exact) mass is 396 g/mol. The Morgan fingerprint density at radius 1 is 0.533 bits per heavy atom. The van der Waals surface area contributed by atoms with Gasteiger partial charge >= 0.3 is 0 Å². The lowest BCUT2D eigenvalue weighted by molar-refractivity contribution is 0.103. The van der Waals surface area contributed by atoms with Crippen LogP contribution in [0.5, 0.6) is 23.0 Å². The van der Waals surface area contributed by atoms with Crippen molar-refractivity contribution in [1.29, 1.82) is 0 Å². The molecule has 4 rings (SSSR count). The molecule has 4 aromatic carbocycles. The fraction of sp³-hybridized carbons (Fsp3) is 0. The van der Waals surface area contributed by atoms with Gasteiger partial charge in [0.1, 0.15) is 23.0 Å². The van der Waals surface area contributed by atoms with Crippen LogP contribution in [0.25, 0.3) is 0 Å². The molecule has 0 atom stereocenters. The van der Waals surface area contributed by atoms with Crippen LogP contribution < -0.4 is 20.9 Å². The van der Waals surface area contributed by atoms with E-state index in [0.717, 1.165) is 0 Å². The lowest BCUT2D eigenvalue weighted by Gasteiger charge is -2.13. The first kappa shape index (κ1) is 19.1. The first-order valence-electron chi connectivity index (χ1n) is 9.40. The van der Waals surface area contributed by atoms with E-state index in [1.807, 2.05) is 12.1 Å². The summed E-state index contributed by atoms with van der Waals surface area (Å²) in [5.74, 6) is 1.89. The van der Waals surface area contributed by atoms with Gasteiger partial charge in [-0.05, 0) is 72.8 Å². The summed E-state index contributed by atoms with van der Waals surface area (Å²) >= 11 is 0. The predicted octanol–water partition coefficient (Wildman–Crippen LogP) is 5.67. The van der Waals surface area contributed by atoms with Crippen molar-refractivity contribution in [2.75, 3.05) is 11.5 Å². The average Bonchev–Trinajstić information content (AvgIpc) is 2.77. The zero-order valence-corrected chi connectivity index (χ0v) is 16.1. The Balaban J connectivity index is 1.65. The summed E-state index contributed by atoms with van der Waals surface area (Å²) in [5, 5.41) is 0. The van der Waals surface area contributed by atoms with E-state index in [1.54, 1.807) is 84.9 Å². The van der Waals surface area contributed by atoms with Crippen LogP contribution in [0.1, 0.15) is 15.9 Å². The van der Waals surface area contributed by atoms with Crippen LogP contribution in [0, 0.1) is 0 Å². The number of ketones is 1. The van der Waals surface area contributed by atoms with Gasteiger partial charge in [-0.1, -0.05) is 24.3 Å². The molecule has 4 aromatic rings. The molecule has 0 fully saturated rings. The van der Waals surface area contributed by atoms with E-state index in [9.17, 15) is 4.79 Å². The van der Waals surface area contributed by atoms with Crippen LogP contribution in [0.15, 0.2) is 97.1 Å². The predicted molar refractivity (Wildman–Crippen MR) is 118 cm³/mol. The topological polar surface area (TPSA) is 87.6 Å². The molecule has 0 amide bonds. The summed E-state index contributed by atoms with van der Waals surface area (Å²) in [6, 6.07) is 28.2. The number of nitrogens with two attached hydrogens (primary N) is 2. The quantitative estimate of drug-likeness (QED) is 0.324. The third-order valence-electron chi connectivity index (χ3n) is 4.48. The maximum atomic E-state index is 13.4. The molecule has 30 heavy (non-hydrogen) atoms. The van der Waals surface area contributed by atoms with Gasteiger partial charge in [0.05, 0.1) is 11.1 Å². The molecule has 148 valence electrons. The number of rotatable bonds is 6. The van der Waals surface area contributed by atoms with E-state index in [1.165, 1.54) is 0 Å². The Morgan fingerprint density at radius 3 is 1.30 bits per heavy atom. The fourth-order valence-electron chi connectivity index (χ4n) is 2.96. The molecule has 0 spiro atoms. The Labute approximate surface area is 174 Å². The minimum absolute atomic E-state index is 0.202. The number of nitrogen functional groups attached to an aromatic ring is 2. The SMILES string of the molecule is Nc1ccc(Oc2ccccc2C(=O)c2ccccc2Oc2ccc(N)cc2)cc1. The highest BCUT2D eigenvalue weighted by atomic mass is 16.5. The normalized spacial score (nSPS) is 10.4. The van der Waals surface area contributed by atoms with Crippen LogP contribution in [-0.4, -0.2) is 5.78 Å². The second-order valence-corrected chi connectivity index (χ2v) is 6.66. The first-order chi connectivity index (χ1) is 14.6. The Kier molecular flexibility index (Phi) is 5.35. The summed E-state index contributed by atoms with van der Waals surface area (Å²) in [6.45, 7) is 0. The number of benzene rings is 4. The largest absolute Gasteiger partial charge is 0.457 e. The van der Waals surface area contributed by atoms with Gasteiger partial charge in [0, 0.05) is 11.4 Å². The van der Waals surface area contributed by atoms with Crippen molar-refractivity contribution in [3.05, 3.63) is 108 Å². The van der Waals surface area contributed by atoms with Crippen LogP contribution in [0.3, 0.4) is 0 Å². The zero-order valence-electron chi connectivity index (χ0n) is 16.1. The highest BCUT2D eigenvalue weighted by Crippen LogP contribution is 2.32. The molecule has 5 nitrogen and oxygen atoms in total. The summed E-state index contributed by atoms with van der Waals surface area (Å²) in [4.78, 5) is 13.4.